The largest absolute Gasteiger partial charge is 0.396 e. The summed E-state index contributed by atoms with van der Waals surface area (Å²) < 4.78 is 43.4. The van der Waals surface area contributed by atoms with Crippen molar-refractivity contribution in [1.29, 1.82) is 0 Å². The lowest BCUT2D eigenvalue weighted by Gasteiger charge is -2.18. The molecule has 0 saturated heterocycles. The second-order valence-corrected chi connectivity index (χ2v) is 7.64. The van der Waals surface area contributed by atoms with Gasteiger partial charge in [-0.3, -0.25) is 14.9 Å². The Hall–Kier alpha value is -3.98. The lowest BCUT2D eigenvalue weighted by atomic mass is 10.0. The molecule has 0 aliphatic heterocycles. The van der Waals surface area contributed by atoms with Gasteiger partial charge in [-0.25, -0.2) is 13.2 Å². The Morgan fingerprint density at radius 2 is 1.82 bits per heavy atom. The molecule has 2 heterocycles. The number of benzene rings is 2. The smallest absolute Gasteiger partial charge is 0.252 e. The molecule has 34 heavy (non-hydrogen) atoms. The molecule has 1 atom stereocenters. The molecule has 0 radical (unpaired) electrons. The van der Waals surface area contributed by atoms with Gasteiger partial charge in [-0.1, -0.05) is 12.1 Å². The standard InChI is InChI=1S/C25H21F3N4O2/c26-16-9-7-15(8-10-16)23-22(28)24(32-31-23)21-19(5-3-6-20(21)27)25(34)30-18(11-13-33)14-17-4-1-2-12-29-17/h1-10,12,18,33H,11,13-14H2,(H,30,34)(H,31,32). The molecule has 0 saturated carbocycles. The van der Waals surface area contributed by atoms with Crippen molar-refractivity contribution >= 4 is 5.91 Å². The predicted octanol–water partition coefficient (Wildman–Crippen LogP) is 4.28. The zero-order chi connectivity index (χ0) is 24.1. The monoisotopic (exact) mass is 466 g/mol. The van der Waals surface area contributed by atoms with Gasteiger partial charge >= 0.3 is 0 Å². The number of aromatic amines is 1. The Morgan fingerprint density at radius 1 is 1.03 bits per heavy atom. The maximum Gasteiger partial charge on any atom is 0.252 e. The number of carbonyl (C=O) groups excluding carboxylic acids is 1. The molecular weight excluding hydrogens is 445 g/mol. The van der Waals surface area contributed by atoms with Crippen molar-refractivity contribution in [3.63, 3.8) is 0 Å². The summed E-state index contributed by atoms with van der Waals surface area (Å²) in [5, 5.41) is 18.6. The van der Waals surface area contributed by atoms with Crippen LogP contribution in [0.25, 0.3) is 22.5 Å². The number of nitrogens with zero attached hydrogens (tertiary/aromatic N) is 2. The van der Waals surface area contributed by atoms with E-state index in [1.165, 1.54) is 36.4 Å². The Morgan fingerprint density at radius 3 is 2.53 bits per heavy atom. The van der Waals surface area contributed by atoms with Crippen LogP contribution in [0, 0.1) is 17.5 Å². The van der Waals surface area contributed by atoms with Crippen molar-refractivity contribution in [2.45, 2.75) is 18.9 Å². The van der Waals surface area contributed by atoms with Gasteiger partial charge in [-0.2, -0.15) is 5.10 Å². The molecule has 2 aromatic heterocycles. The van der Waals surface area contributed by atoms with Crippen LogP contribution in [0.15, 0.2) is 66.9 Å². The summed E-state index contributed by atoms with van der Waals surface area (Å²) in [5.74, 6) is -2.83. The predicted molar refractivity (Wildman–Crippen MR) is 120 cm³/mol. The van der Waals surface area contributed by atoms with Gasteiger partial charge in [0.05, 0.1) is 11.1 Å². The Balaban J connectivity index is 1.65. The maximum atomic E-state index is 15.3. The van der Waals surface area contributed by atoms with Gasteiger partial charge < -0.3 is 10.4 Å². The Kier molecular flexibility index (Phi) is 7.03. The Bertz CT molecular complexity index is 1280. The van der Waals surface area contributed by atoms with Gasteiger partial charge in [0.25, 0.3) is 5.91 Å². The SMILES string of the molecule is O=C(NC(CCO)Cc1ccccn1)c1cccc(F)c1-c1n[nH]c(-c2ccc(F)cc2)c1F. The molecule has 6 nitrogen and oxygen atoms in total. The van der Waals surface area contributed by atoms with Gasteiger partial charge in [0.2, 0.25) is 0 Å². The van der Waals surface area contributed by atoms with E-state index in [0.29, 0.717) is 17.7 Å². The molecule has 1 amide bonds. The average Bonchev–Trinajstić information content (AvgIpc) is 3.21. The summed E-state index contributed by atoms with van der Waals surface area (Å²) in [6.45, 7) is -0.178. The third kappa shape index (κ3) is 4.99. The average molecular weight is 466 g/mol. The summed E-state index contributed by atoms with van der Waals surface area (Å²) in [7, 11) is 0. The summed E-state index contributed by atoms with van der Waals surface area (Å²) in [5.41, 5.74) is 0.188. The summed E-state index contributed by atoms with van der Waals surface area (Å²) >= 11 is 0. The minimum atomic E-state index is -0.869. The normalized spacial score (nSPS) is 11.9. The van der Waals surface area contributed by atoms with E-state index in [1.807, 2.05) is 6.07 Å². The number of hydrogen-bond acceptors (Lipinski definition) is 4. The first-order valence-corrected chi connectivity index (χ1v) is 10.6. The zero-order valence-electron chi connectivity index (χ0n) is 17.9. The minimum absolute atomic E-state index is 0.0575. The van der Waals surface area contributed by atoms with Crippen molar-refractivity contribution in [1.82, 2.24) is 20.5 Å². The topological polar surface area (TPSA) is 90.9 Å². The fourth-order valence-corrected chi connectivity index (χ4v) is 3.67. The molecule has 3 N–H and O–H groups in total. The van der Waals surface area contributed by atoms with E-state index >= 15 is 4.39 Å². The van der Waals surface area contributed by atoms with Crippen LogP contribution in [0.4, 0.5) is 13.2 Å². The number of aromatic nitrogens is 3. The molecule has 2 aromatic carbocycles. The summed E-state index contributed by atoms with van der Waals surface area (Å²) in [6, 6.07) is 13.8. The highest BCUT2D eigenvalue weighted by molar-refractivity contribution is 6.01. The molecule has 4 aromatic rings. The number of rotatable bonds is 8. The molecule has 0 aliphatic rings. The summed E-state index contributed by atoms with van der Waals surface area (Å²) in [6.07, 6.45) is 2.22. The number of amides is 1. The summed E-state index contributed by atoms with van der Waals surface area (Å²) in [4.78, 5) is 17.3. The number of hydrogen-bond donors (Lipinski definition) is 3. The number of aliphatic hydroxyl groups excluding tert-OH is 1. The van der Waals surface area contributed by atoms with E-state index in [1.54, 1.807) is 18.3 Å². The molecular formula is C25H21F3N4O2. The number of carbonyl (C=O) groups is 1. The van der Waals surface area contributed by atoms with Gasteiger partial charge in [-0.05, 0) is 55.0 Å². The van der Waals surface area contributed by atoms with Crippen LogP contribution in [0.2, 0.25) is 0 Å². The van der Waals surface area contributed by atoms with Crippen LogP contribution in [0.1, 0.15) is 22.5 Å². The third-order valence-corrected chi connectivity index (χ3v) is 5.33. The number of nitrogens with one attached hydrogen (secondary N) is 2. The van der Waals surface area contributed by atoms with Gasteiger partial charge in [0.15, 0.2) is 5.82 Å². The van der Waals surface area contributed by atoms with Crippen molar-refractivity contribution in [2.24, 2.45) is 0 Å². The van der Waals surface area contributed by atoms with Crippen molar-refractivity contribution in [2.75, 3.05) is 6.61 Å². The highest BCUT2D eigenvalue weighted by atomic mass is 19.1. The molecule has 4 rings (SSSR count). The van der Waals surface area contributed by atoms with E-state index in [2.05, 4.69) is 20.5 Å². The number of pyridine rings is 1. The number of aliphatic hydroxyl groups is 1. The lowest BCUT2D eigenvalue weighted by molar-refractivity contribution is 0.0930. The first-order valence-electron chi connectivity index (χ1n) is 10.6. The number of halogens is 3. The number of H-pyrrole nitrogens is 1. The molecule has 0 aliphatic carbocycles. The van der Waals surface area contributed by atoms with Crippen LogP contribution in [-0.4, -0.2) is 38.8 Å². The fourth-order valence-electron chi connectivity index (χ4n) is 3.67. The van der Waals surface area contributed by atoms with Crippen LogP contribution >= 0.6 is 0 Å². The first kappa shape index (κ1) is 23.2. The van der Waals surface area contributed by atoms with Crippen LogP contribution < -0.4 is 5.32 Å². The Labute approximate surface area is 193 Å². The molecule has 9 heteroatoms. The van der Waals surface area contributed by atoms with Crippen molar-refractivity contribution < 1.29 is 23.1 Å². The van der Waals surface area contributed by atoms with Gasteiger partial charge in [0.1, 0.15) is 23.0 Å². The molecule has 0 fully saturated rings. The maximum absolute atomic E-state index is 15.3. The highest BCUT2D eigenvalue weighted by Crippen LogP contribution is 2.32. The van der Waals surface area contributed by atoms with Crippen LogP contribution in [0.3, 0.4) is 0 Å². The molecule has 1 unspecified atom stereocenters. The van der Waals surface area contributed by atoms with E-state index in [-0.39, 0.29) is 35.5 Å². The molecule has 0 bridgehead atoms. The lowest BCUT2D eigenvalue weighted by Crippen LogP contribution is -2.37. The van der Waals surface area contributed by atoms with Crippen molar-refractivity contribution in [3.8, 4) is 22.5 Å². The molecule has 0 spiro atoms. The van der Waals surface area contributed by atoms with E-state index in [0.717, 1.165) is 6.07 Å². The first-order chi connectivity index (χ1) is 16.5. The quantitative estimate of drug-likeness (QED) is 0.362. The van der Waals surface area contributed by atoms with Gasteiger partial charge in [-0.15, -0.1) is 0 Å². The van der Waals surface area contributed by atoms with Gasteiger partial charge in [0, 0.05) is 36.5 Å². The van der Waals surface area contributed by atoms with Crippen LogP contribution in [-0.2, 0) is 6.42 Å². The zero-order valence-corrected chi connectivity index (χ0v) is 17.9. The second kappa shape index (κ2) is 10.3. The minimum Gasteiger partial charge on any atom is -0.396 e. The van der Waals surface area contributed by atoms with E-state index in [4.69, 9.17) is 0 Å². The van der Waals surface area contributed by atoms with E-state index < -0.39 is 29.4 Å². The van der Waals surface area contributed by atoms with E-state index in [9.17, 15) is 18.7 Å². The molecule has 174 valence electrons. The van der Waals surface area contributed by atoms with Crippen LogP contribution in [0.5, 0.6) is 0 Å². The third-order valence-electron chi connectivity index (χ3n) is 5.33. The second-order valence-electron chi connectivity index (χ2n) is 7.64. The highest BCUT2D eigenvalue weighted by Gasteiger charge is 2.25. The fraction of sp³-hybridized carbons (Fsp3) is 0.160. The van der Waals surface area contributed by atoms with Crippen molar-refractivity contribution in [3.05, 3.63) is 95.6 Å².